The first-order chi connectivity index (χ1) is 30.3. The maximum Gasteiger partial charge on any atom is 0.250 e. The molecule has 338 valence electrons. The van der Waals surface area contributed by atoms with Gasteiger partial charge in [0.1, 0.15) is 23.3 Å². The minimum Gasteiger partial charge on any atom is -0.399 e. The Balaban J connectivity index is 0.000000182. The van der Waals surface area contributed by atoms with Crippen molar-refractivity contribution in [1.82, 2.24) is 49.3 Å². The summed E-state index contributed by atoms with van der Waals surface area (Å²) >= 11 is 0. The largest absolute Gasteiger partial charge is 0.399 e. The molecule has 2 saturated heterocycles. The summed E-state index contributed by atoms with van der Waals surface area (Å²) in [6.45, 7) is 15.7. The van der Waals surface area contributed by atoms with Crippen molar-refractivity contribution in [1.29, 1.82) is 0 Å². The van der Waals surface area contributed by atoms with Gasteiger partial charge in [-0.15, -0.1) is 0 Å². The van der Waals surface area contributed by atoms with Crippen molar-refractivity contribution in [3.63, 3.8) is 0 Å². The van der Waals surface area contributed by atoms with Crippen molar-refractivity contribution in [3.05, 3.63) is 107 Å². The zero-order chi connectivity index (χ0) is 46.3. The first-order valence-electron chi connectivity index (χ1n) is 20.4. The molecule has 0 atom stereocenters. The zero-order valence-corrected chi connectivity index (χ0v) is 37.6. The fraction of sp³-hybridized carbons (Fsp3) is 0.349. The molecule has 18 nitrogen and oxygen atoms in total. The van der Waals surface area contributed by atoms with Crippen LogP contribution in [0.3, 0.4) is 0 Å². The zero-order valence-electron chi connectivity index (χ0n) is 36.8. The maximum atomic E-state index is 13.6. The molecule has 6 aromatic rings. The van der Waals surface area contributed by atoms with Gasteiger partial charge in [0.2, 0.25) is 27.6 Å². The number of nitrogens with two attached hydrogens (primary N) is 1. The van der Waals surface area contributed by atoms with Crippen LogP contribution < -0.4 is 20.9 Å². The normalized spacial score (nSPS) is 14.0. The highest BCUT2D eigenvalue weighted by molar-refractivity contribution is 7.90. The second-order valence-electron chi connectivity index (χ2n) is 15.4. The lowest BCUT2D eigenvalue weighted by Crippen LogP contribution is -2.48. The first-order valence-corrected chi connectivity index (χ1v) is 22.3. The Morgan fingerprint density at radius 1 is 0.609 bits per heavy atom. The van der Waals surface area contributed by atoms with E-state index in [0.717, 1.165) is 34.8 Å². The van der Waals surface area contributed by atoms with E-state index >= 15 is 0 Å². The number of halogens is 2. The van der Waals surface area contributed by atoms with Gasteiger partial charge in [0.05, 0.1) is 11.4 Å². The highest BCUT2D eigenvalue weighted by Crippen LogP contribution is 2.24. The summed E-state index contributed by atoms with van der Waals surface area (Å²) in [4.78, 5) is 48.5. The van der Waals surface area contributed by atoms with Crippen molar-refractivity contribution in [2.24, 2.45) is 0 Å². The summed E-state index contributed by atoms with van der Waals surface area (Å²) in [5.41, 5.74) is 9.76. The predicted octanol–water partition coefficient (Wildman–Crippen LogP) is 4.59. The van der Waals surface area contributed by atoms with E-state index in [-0.39, 0.29) is 28.6 Å². The van der Waals surface area contributed by atoms with E-state index in [4.69, 9.17) is 5.73 Å². The SMILES string of the molecule is CC(=O)N1CCN(c2cc(-n3nc(C)cc3C)nc(Nc3cccc(F)c3)n2)CC1.CC(=O)N1CCN(c2cc(-n3nc(C)cc3C)nc(S(C)(=O)=O)n2)CC1.Nc1cccc(F)c1. The molecule has 3 N–H and O–H groups in total. The smallest absolute Gasteiger partial charge is 0.250 e. The monoisotopic (exact) mass is 898 g/mol. The molecule has 2 fully saturated rings. The van der Waals surface area contributed by atoms with Crippen molar-refractivity contribution < 1.29 is 26.8 Å². The van der Waals surface area contributed by atoms with Gasteiger partial charge in [-0.05, 0) is 76.2 Å². The van der Waals surface area contributed by atoms with Gasteiger partial charge in [-0.25, -0.2) is 31.5 Å². The standard InChI is InChI=1S/C21H24FN7O.C16H22N6O3S.C6H6FN/c1-14-11-15(2)29(26-14)20-13-19(28-9-7-27(8-10-28)16(3)30)24-21(25-20)23-18-6-4-5-17(22)12-18;1-11-9-12(2)22(19-11)15-10-14(17-16(18-15)26(4,24)25)21-7-5-20(6-8-21)13(3)23;7-5-2-1-3-6(8)4-5/h4-6,11-13H,7-10H2,1-3H3,(H,23,24,25);9-10H,5-8H2,1-4H3;1-4H,8H2. The number of benzene rings is 2. The number of carbonyl (C=O) groups is 2. The van der Waals surface area contributed by atoms with Crippen LogP contribution in [-0.2, 0) is 19.4 Å². The van der Waals surface area contributed by atoms with Gasteiger partial charge in [-0.1, -0.05) is 12.1 Å². The molecule has 2 aliphatic rings. The van der Waals surface area contributed by atoms with Gasteiger partial charge in [0, 0.05) is 107 Å². The number of piperazine rings is 2. The van der Waals surface area contributed by atoms with Crippen LogP contribution in [0, 0.1) is 39.3 Å². The molecule has 0 aliphatic carbocycles. The Hall–Kier alpha value is -7.03. The molecule has 0 spiro atoms. The van der Waals surface area contributed by atoms with E-state index in [1.165, 1.54) is 24.3 Å². The average molecular weight is 899 g/mol. The van der Waals surface area contributed by atoms with E-state index < -0.39 is 9.84 Å². The molecular formula is C43H52F2N14O4S. The number of carbonyl (C=O) groups excluding carboxylic acids is 2. The van der Waals surface area contributed by atoms with Crippen molar-refractivity contribution in [2.75, 3.05) is 79.5 Å². The van der Waals surface area contributed by atoms with Crippen molar-refractivity contribution in [2.45, 2.75) is 46.7 Å². The van der Waals surface area contributed by atoms with Gasteiger partial charge >= 0.3 is 0 Å². The lowest BCUT2D eigenvalue weighted by Gasteiger charge is -2.35. The molecule has 0 radical (unpaired) electrons. The Morgan fingerprint density at radius 3 is 1.45 bits per heavy atom. The number of anilines is 5. The highest BCUT2D eigenvalue weighted by atomic mass is 32.2. The fourth-order valence-corrected chi connectivity index (χ4v) is 7.53. The minimum absolute atomic E-state index is 0.0347. The third-order valence-electron chi connectivity index (χ3n) is 10.2. The summed E-state index contributed by atoms with van der Waals surface area (Å²) in [5, 5.41) is 11.8. The van der Waals surface area contributed by atoms with E-state index in [0.29, 0.717) is 87.1 Å². The molecule has 0 unspecified atom stereocenters. The Morgan fingerprint density at radius 2 is 1.05 bits per heavy atom. The number of sulfone groups is 1. The van der Waals surface area contributed by atoms with Crippen LogP contribution in [-0.4, -0.2) is 128 Å². The lowest BCUT2D eigenvalue weighted by atomic mass is 10.3. The Labute approximate surface area is 370 Å². The molecule has 0 bridgehead atoms. The van der Waals surface area contributed by atoms with Gasteiger partial charge in [-0.2, -0.15) is 25.1 Å². The first kappa shape index (κ1) is 46.5. The molecule has 21 heteroatoms. The number of hydrogen-bond acceptors (Lipinski definition) is 14. The third kappa shape index (κ3) is 12.1. The molecule has 0 saturated carbocycles. The second kappa shape index (κ2) is 20.0. The number of amides is 2. The molecule has 2 aliphatic heterocycles. The predicted molar refractivity (Wildman–Crippen MR) is 240 cm³/mol. The summed E-state index contributed by atoms with van der Waals surface area (Å²) in [5.74, 6) is 2.13. The fourth-order valence-electron chi connectivity index (χ4n) is 7.01. The molecule has 64 heavy (non-hydrogen) atoms. The van der Waals surface area contributed by atoms with Crippen LogP contribution >= 0.6 is 0 Å². The second-order valence-corrected chi connectivity index (χ2v) is 17.3. The van der Waals surface area contributed by atoms with Crippen LogP contribution in [0.2, 0.25) is 0 Å². The summed E-state index contributed by atoms with van der Waals surface area (Å²) in [7, 11) is -3.58. The van der Waals surface area contributed by atoms with Gasteiger partial charge in [0.15, 0.2) is 11.6 Å². The Kier molecular flexibility index (Phi) is 14.5. The molecule has 2 amide bonds. The van der Waals surface area contributed by atoms with Crippen LogP contribution in [0.15, 0.2) is 78.0 Å². The number of aryl methyl sites for hydroxylation is 4. The summed E-state index contributed by atoms with van der Waals surface area (Å²) in [6, 6.07) is 19.5. The number of nitrogens with one attached hydrogen (secondary N) is 1. The van der Waals surface area contributed by atoms with E-state index in [1.54, 1.807) is 58.4 Å². The highest BCUT2D eigenvalue weighted by Gasteiger charge is 2.24. The van der Waals surface area contributed by atoms with Crippen molar-refractivity contribution >= 4 is 50.6 Å². The number of nitrogens with zero attached hydrogens (tertiary/aromatic N) is 12. The van der Waals surface area contributed by atoms with Gasteiger partial charge in [0.25, 0.3) is 5.16 Å². The van der Waals surface area contributed by atoms with Crippen LogP contribution in [0.4, 0.5) is 37.7 Å². The van der Waals surface area contributed by atoms with E-state index in [9.17, 15) is 26.8 Å². The number of nitrogen functional groups attached to an aromatic ring is 1. The number of rotatable bonds is 7. The van der Waals surface area contributed by atoms with Crippen LogP contribution in [0.5, 0.6) is 0 Å². The summed E-state index contributed by atoms with van der Waals surface area (Å²) < 4.78 is 53.2. The summed E-state index contributed by atoms with van der Waals surface area (Å²) in [6.07, 6.45) is 1.09. The molecular weight excluding hydrogens is 847 g/mol. The average Bonchev–Trinajstić information content (AvgIpc) is 3.78. The third-order valence-corrected chi connectivity index (χ3v) is 11.0. The number of aromatic nitrogens is 8. The topological polar surface area (TPSA) is 206 Å². The minimum atomic E-state index is -3.58. The Bertz CT molecular complexity index is 2710. The van der Waals surface area contributed by atoms with Crippen LogP contribution in [0.1, 0.15) is 36.6 Å². The van der Waals surface area contributed by atoms with Gasteiger partial charge < -0.3 is 30.7 Å². The lowest BCUT2D eigenvalue weighted by molar-refractivity contribution is -0.129. The molecule has 2 aromatic carbocycles. The quantitative estimate of drug-likeness (QED) is 0.166. The molecule has 4 aromatic heterocycles. The molecule has 6 heterocycles. The number of hydrogen-bond donors (Lipinski definition) is 2. The maximum absolute atomic E-state index is 13.6. The molecule has 8 rings (SSSR count). The van der Waals surface area contributed by atoms with Crippen LogP contribution in [0.25, 0.3) is 11.6 Å². The van der Waals surface area contributed by atoms with Crippen molar-refractivity contribution in [3.8, 4) is 11.6 Å². The van der Waals surface area contributed by atoms with E-state index in [1.807, 2.05) is 55.7 Å². The van der Waals surface area contributed by atoms with E-state index in [2.05, 4.69) is 40.3 Å². The van der Waals surface area contributed by atoms with Gasteiger partial charge in [-0.3, -0.25) is 9.59 Å².